The van der Waals surface area contributed by atoms with Gasteiger partial charge in [0.25, 0.3) is 0 Å². The van der Waals surface area contributed by atoms with Crippen LogP contribution in [0.1, 0.15) is 5.56 Å². The highest BCUT2D eigenvalue weighted by molar-refractivity contribution is 5.82. The number of hydrogen-bond donors (Lipinski definition) is 1. The van der Waals surface area contributed by atoms with Crippen molar-refractivity contribution in [2.45, 2.75) is 6.54 Å². The van der Waals surface area contributed by atoms with E-state index in [1.807, 2.05) is 25.1 Å². The zero-order valence-corrected chi connectivity index (χ0v) is 9.37. The number of para-hydroxylation sites is 1. The molecule has 2 aromatic rings. The van der Waals surface area contributed by atoms with Gasteiger partial charge < -0.3 is 10.6 Å². The normalized spacial score (nSPS) is 11.2. The van der Waals surface area contributed by atoms with Crippen LogP contribution in [0.15, 0.2) is 24.3 Å². The smallest absolute Gasteiger partial charge is 0.140 e. The molecule has 0 unspecified atom stereocenters. The number of nitrogens with zero attached hydrogens (tertiary/aromatic N) is 2. The predicted molar refractivity (Wildman–Crippen MR) is 63.5 cm³/mol. The van der Waals surface area contributed by atoms with Crippen molar-refractivity contribution in [1.82, 2.24) is 9.88 Å². The molecule has 4 heteroatoms. The number of nitrogens with two attached hydrogens (primary N) is 1. The van der Waals surface area contributed by atoms with E-state index in [2.05, 4.69) is 4.98 Å². The van der Waals surface area contributed by atoms with Gasteiger partial charge in [0.1, 0.15) is 11.6 Å². The van der Waals surface area contributed by atoms with Crippen LogP contribution in [-0.4, -0.2) is 24.0 Å². The van der Waals surface area contributed by atoms with Crippen molar-refractivity contribution in [2.75, 3.05) is 19.8 Å². The van der Waals surface area contributed by atoms with Gasteiger partial charge in [0, 0.05) is 17.5 Å². The summed E-state index contributed by atoms with van der Waals surface area (Å²) in [6.45, 7) is 0.454. The number of hydrogen-bond acceptors (Lipinski definition) is 3. The van der Waals surface area contributed by atoms with Gasteiger partial charge in [0.2, 0.25) is 0 Å². The molecule has 84 valence electrons. The molecule has 0 amide bonds. The van der Waals surface area contributed by atoms with Gasteiger partial charge in [-0.2, -0.15) is 0 Å². The van der Waals surface area contributed by atoms with E-state index < -0.39 is 0 Å². The van der Waals surface area contributed by atoms with E-state index in [1.165, 1.54) is 0 Å². The summed E-state index contributed by atoms with van der Waals surface area (Å²) in [5.74, 6) is 0.00157. The molecule has 0 spiro atoms. The maximum atomic E-state index is 14.1. The molecule has 3 nitrogen and oxygen atoms in total. The fraction of sp³-hybridized carbons (Fsp3) is 0.250. The summed E-state index contributed by atoms with van der Waals surface area (Å²) >= 11 is 0. The number of halogens is 1. The quantitative estimate of drug-likeness (QED) is 0.840. The summed E-state index contributed by atoms with van der Waals surface area (Å²) in [6, 6.07) is 7.09. The first-order valence-electron chi connectivity index (χ1n) is 5.07. The van der Waals surface area contributed by atoms with Crippen LogP contribution in [0.5, 0.6) is 0 Å². The lowest BCUT2D eigenvalue weighted by atomic mass is 10.1. The van der Waals surface area contributed by atoms with E-state index in [1.54, 1.807) is 18.2 Å². The number of nitrogen functional groups attached to an aromatic ring is 1. The summed E-state index contributed by atoms with van der Waals surface area (Å²) < 4.78 is 14.1. The van der Waals surface area contributed by atoms with Crippen LogP contribution in [0.3, 0.4) is 0 Å². The fourth-order valence-corrected chi connectivity index (χ4v) is 1.70. The lowest BCUT2D eigenvalue weighted by Gasteiger charge is -2.13. The number of benzene rings is 1. The van der Waals surface area contributed by atoms with E-state index in [-0.39, 0.29) is 11.6 Å². The molecule has 0 bridgehead atoms. The molecule has 0 saturated carbocycles. The minimum Gasteiger partial charge on any atom is -0.383 e. The second-order valence-corrected chi connectivity index (χ2v) is 4.04. The lowest BCUT2D eigenvalue weighted by Crippen LogP contribution is -2.14. The predicted octanol–water partition coefficient (Wildman–Crippen LogP) is 2.02. The van der Waals surface area contributed by atoms with Crippen LogP contribution in [0.25, 0.3) is 10.9 Å². The molecule has 0 aliphatic rings. The van der Waals surface area contributed by atoms with Gasteiger partial charge in [-0.05, 0) is 26.2 Å². The highest BCUT2D eigenvalue weighted by Crippen LogP contribution is 2.23. The molecule has 0 radical (unpaired) electrons. The van der Waals surface area contributed by atoms with Crippen molar-refractivity contribution in [1.29, 1.82) is 0 Å². The van der Waals surface area contributed by atoms with Crippen LogP contribution >= 0.6 is 0 Å². The topological polar surface area (TPSA) is 42.1 Å². The van der Waals surface area contributed by atoms with Crippen molar-refractivity contribution in [3.63, 3.8) is 0 Å². The summed E-state index contributed by atoms with van der Waals surface area (Å²) in [5.41, 5.74) is 6.82. The molecule has 0 aliphatic heterocycles. The van der Waals surface area contributed by atoms with Gasteiger partial charge in [-0.15, -0.1) is 0 Å². The standard InChI is InChI=1S/C12H14FN3/c1-16(2)7-9-11(13)8-5-3-4-6-10(8)15-12(9)14/h3-6H,7H2,1-2H3,(H2,14,15). The average molecular weight is 219 g/mol. The zero-order chi connectivity index (χ0) is 11.7. The Hall–Kier alpha value is -1.68. The number of rotatable bonds is 2. The summed E-state index contributed by atoms with van der Waals surface area (Å²) in [6.07, 6.45) is 0. The largest absolute Gasteiger partial charge is 0.383 e. The third kappa shape index (κ3) is 1.84. The Labute approximate surface area is 93.7 Å². The van der Waals surface area contributed by atoms with Gasteiger partial charge >= 0.3 is 0 Å². The fourth-order valence-electron chi connectivity index (χ4n) is 1.70. The maximum Gasteiger partial charge on any atom is 0.140 e. The number of pyridine rings is 1. The Morgan fingerprint density at radius 2 is 2.00 bits per heavy atom. The van der Waals surface area contributed by atoms with E-state index in [0.29, 0.717) is 23.0 Å². The zero-order valence-electron chi connectivity index (χ0n) is 9.37. The van der Waals surface area contributed by atoms with Crippen LogP contribution in [0.4, 0.5) is 10.2 Å². The molecule has 0 atom stereocenters. The second kappa shape index (κ2) is 4.06. The van der Waals surface area contributed by atoms with Crippen molar-refractivity contribution < 1.29 is 4.39 Å². The second-order valence-electron chi connectivity index (χ2n) is 4.04. The van der Waals surface area contributed by atoms with Gasteiger partial charge in [-0.25, -0.2) is 9.37 Å². The average Bonchev–Trinajstić information content (AvgIpc) is 2.24. The lowest BCUT2D eigenvalue weighted by molar-refractivity contribution is 0.394. The third-order valence-electron chi connectivity index (χ3n) is 2.43. The van der Waals surface area contributed by atoms with Crippen molar-refractivity contribution in [3.8, 4) is 0 Å². The Bertz CT molecular complexity index is 523. The van der Waals surface area contributed by atoms with E-state index in [9.17, 15) is 4.39 Å². The first-order chi connectivity index (χ1) is 7.59. The first kappa shape index (κ1) is 10.8. The molecule has 0 fully saturated rings. The van der Waals surface area contributed by atoms with Crippen LogP contribution in [0, 0.1) is 5.82 Å². The molecule has 1 aromatic heterocycles. The number of fused-ring (bicyclic) bond motifs is 1. The van der Waals surface area contributed by atoms with Gasteiger partial charge in [0.05, 0.1) is 5.52 Å². The highest BCUT2D eigenvalue weighted by atomic mass is 19.1. The molecule has 2 N–H and O–H groups in total. The molecule has 1 aromatic carbocycles. The first-order valence-corrected chi connectivity index (χ1v) is 5.07. The van der Waals surface area contributed by atoms with Crippen molar-refractivity contribution in [3.05, 3.63) is 35.6 Å². The minimum atomic E-state index is -0.267. The number of anilines is 1. The molecular formula is C12H14FN3. The third-order valence-corrected chi connectivity index (χ3v) is 2.43. The Kier molecular flexibility index (Phi) is 2.75. The Balaban J connectivity index is 2.65. The molecule has 2 rings (SSSR count). The maximum absolute atomic E-state index is 14.1. The minimum absolute atomic E-state index is 0.267. The van der Waals surface area contributed by atoms with Gasteiger partial charge in [0.15, 0.2) is 0 Å². The molecule has 1 heterocycles. The Morgan fingerprint density at radius 1 is 1.31 bits per heavy atom. The number of aromatic nitrogens is 1. The van der Waals surface area contributed by atoms with E-state index >= 15 is 0 Å². The molecular weight excluding hydrogens is 205 g/mol. The van der Waals surface area contributed by atoms with Crippen molar-refractivity contribution in [2.24, 2.45) is 0 Å². The highest BCUT2D eigenvalue weighted by Gasteiger charge is 2.13. The van der Waals surface area contributed by atoms with Gasteiger partial charge in [-0.3, -0.25) is 0 Å². The summed E-state index contributed by atoms with van der Waals surface area (Å²) in [5, 5.41) is 0.522. The monoisotopic (exact) mass is 219 g/mol. The molecule has 0 saturated heterocycles. The van der Waals surface area contributed by atoms with E-state index in [4.69, 9.17) is 5.73 Å². The summed E-state index contributed by atoms with van der Waals surface area (Å²) in [4.78, 5) is 6.07. The molecule has 0 aliphatic carbocycles. The van der Waals surface area contributed by atoms with E-state index in [0.717, 1.165) is 0 Å². The van der Waals surface area contributed by atoms with Gasteiger partial charge in [-0.1, -0.05) is 12.1 Å². The van der Waals surface area contributed by atoms with Crippen molar-refractivity contribution >= 4 is 16.7 Å². The van der Waals surface area contributed by atoms with Crippen LogP contribution in [0.2, 0.25) is 0 Å². The Morgan fingerprint density at radius 3 is 2.69 bits per heavy atom. The SMILES string of the molecule is CN(C)Cc1c(N)nc2ccccc2c1F. The molecule has 16 heavy (non-hydrogen) atoms. The van der Waals surface area contributed by atoms with Crippen LogP contribution < -0.4 is 5.73 Å². The summed E-state index contributed by atoms with van der Waals surface area (Å²) in [7, 11) is 3.74. The van der Waals surface area contributed by atoms with Crippen LogP contribution in [-0.2, 0) is 6.54 Å².